The molecule has 0 spiro atoms. The van der Waals surface area contributed by atoms with Crippen molar-refractivity contribution in [2.24, 2.45) is 0 Å². The predicted octanol–water partition coefficient (Wildman–Crippen LogP) is 1.83. The van der Waals surface area contributed by atoms with Gasteiger partial charge in [-0.2, -0.15) is 11.8 Å². The largest absolute Gasteiger partial charge is 0.361 e. The van der Waals surface area contributed by atoms with Crippen molar-refractivity contribution in [1.82, 2.24) is 4.98 Å². The van der Waals surface area contributed by atoms with Gasteiger partial charge in [-0.3, -0.25) is 10.1 Å². The van der Waals surface area contributed by atoms with Gasteiger partial charge in [-0.05, 0) is 17.6 Å². The standard InChI is InChI=1S/C6H9N3O2S2/c1-12-3-2-7-6-8-4-5(13-6)9(10)11/h4H,2-3H2,1H3,(H,7,8). The highest BCUT2D eigenvalue weighted by Crippen LogP contribution is 2.24. The Morgan fingerprint density at radius 3 is 3.15 bits per heavy atom. The molecular weight excluding hydrogens is 210 g/mol. The van der Waals surface area contributed by atoms with Crippen molar-refractivity contribution in [2.75, 3.05) is 23.9 Å². The molecule has 0 amide bonds. The number of hydrogen-bond donors (Lipinski definition) is 1. The number of hydrogen-bond acceptors (Lipinski definition) is 6. The van der Waals surface area contributed by atoms with Gasteiger partial charge in [0.2, 0.25) is 0 Å². The average molecular weight is 219 g/mol. The molecule has 0 saturated heterocycles. The Labute approximate surface area is 83.7 Å². The second kappa shape index (κ2) is 5.03. The summed E-state index contributed by atoms with van der Waals surface area (Å²) in [5.74, 6) is 0.966. The summed E-state index contributed by atoms with van der Waals surface area (Å²) in [5, 5.41) is 14.0. The Morgan fingerprint density at radius 2 is 2.62 bits per heavy atom. The maximum atomic E-state index is 10.3. The van der Waals surface area contributed by atoms with Crippen LogP contribution in [0.2, 0.25) is 0 Å². The first-order valence-electron chi connectivity index (χ1n) is 3.57. The smallest absolute Gasteiger partial charge is 0.345 e. The second-order valence-electron chi connectivity index (χ2n) is 2.18. The van der Waals surface area contributed by atoms with E-state index in [9.17, 15) is 10.1 Å². The zero-order valence-electron chi connectivity index (χ0n) is 7.02. The number of nitrogens with one attached hydrogen (secondary N) is 1. The lowest BCUT2D eigenvalue weighted by Gasteiger charge is -1.97. The average Bonchev–Trinajstić information content (AvgIpc) is 2.53. The number of thioether (sulfide) groups is 1. The third kappa shape index (κ3) is 3.19. The van der Waals surface area contributed by atoms with Gasteiger partial charge in [0.1, 0.15) is 6.20 Å². The fourth-order valence-electron chi connectivity index (χ4n) is 0.692. The zero-order valence-corrected chi connectivity index (χ0v) is 8.65. The summed E-state index contributed by atoms with van der Waals surface area (Å²) in [6.07, 6.45) is 3.28. The second-order valence-corrected chi connectivity index (χ2v) is 4.18. The summed E-state index contributed by atoms with van der Waals surface area (Å²) in [5.41, 5.74) is 0. The van der Waals surface area contributed by atoms with Crippen LogP contribution in [0.5, 0.6) is 0 Å². The van der Waals surface area contributed by atoms with Crippen LogP contribution in [0.4, 0.5) is 10.1 Å². The molecule has 0 bridgehead atoms. The fourth-order valence-corrected chi connectivity index (χ4v) is 1.66. The fraction of sp³-hybridized carbons (Fsp3) is 0.500. The van der Waals surface area contributed by atoms with Gasteiger partial charge in [0, 0.05) is 12.3 Å². The number of aromatic nitrogens is 1. The van der Waals surface area contributed by atoms with Crippen LogP contribution < -0.4 is 5.32 Å². The molecule has 0 saturated carbocycles. The highest BCUT2D eigenvalue weighted by atomic mass is 32.2. The van der Waals surface area contributed by atoms with Crippen LogP contribution in [0.3, 0.4) is 0 Å². The summed E-state index contributed by atoms with van der Waals surface area (Å²) in [4.78, 5) is 13.7. The lowest BCUT2D eigenvalue weighted by molar-refractivity contribution is -0.380. The predicted molar refractivity (Wildman–Crippen MR) is 55.6 cm³/mol. The van der Waals surface area contributed by atoms with E-state index in [1.54, 1.807) is 11.8 Å². The third-order valence-electron chi connectivity index (χ3n) is 1.26. The topological polar surface area (TPSA) is 68.1 Å². The monoisotopic (exact) mass is 219 g/mol. The molecule has 72 valence electrons. The van der Waals surface area contributed by atoms with Gasteiger partial charge in [0.05, 0.1) is 4.92 Å². The molecule has 0 aliphatic carbocycles. The molecule has 0 radical (unpaired) electrons. The highest BCUT2D eigenvalue weighted by Gasteiger charge is 2.10. The zero-order chi connectivity index (χ0) is 9.68. The Hall–Kier alpha value is -0.820. The molecule has 1 aromatic heterocycles. The quantitative estimate of drug-likeness (QED) is 0.465. The molecule has 1 rings (SSSR count). The number of thiazole rings is 1. The highest BCUT2D eigenvalue weighted by molar-refractivity contribution is 7.98. The van der Waals surface area contributed by atoms with Crippen LogP contribution in [-0.4, -0.2) is 28.5 Å². The van der Waals surface area contributed by atoms with E-state index in [1.165, 1.54) is 6.20 Å². The lowest BCUT2D eigenvalue weighted by Crippen LogP contribution is -2.02. The molecule has 13 heavy (non-hydrogen) atoms. The van der Waals surface area contributed by atoms with Crippen LogP contribution >= 0.6 is 23.1 Å². The minimum atomic E-state index is -0.433. The summed E-state index contributed by atoms with van der Waals surface area (Å²) in [6.45, 7) is 0.784. The van der Waals surface area contributed by atoms with Crippen molar-refractivity contribution in [3.8, 4) is 0 Å². The molecule has 5 nitrogen and oxygen atoms in total. The summed E-state index contributed by atoms with van der Waals surface area (Å²) in [7, 11) is 0. The van der Waals surface area contributed by atoms with E-state index >= 15 is 0 Å². The molecule has 0 aliphatic heterocycles. The molecule has 7 heteroatoms. The van der Waals surface area contributed by atoms with Crippen LogP contribution in [0.1, 0.15) is 0 Å². The summed E-state index contributed by atoms with van der Waals surface area (Å²) >= 11 is 2.78. The third-order valence-corrected chi connectivity index (χ3v) is 2.77. The Bertz CT molecular complexity index is 289. The van der Waals surface area contributed by atoms with E-state index in [1.807, 2.05) is 6.26 Å². The van der Waals surface area contributed by atoms with Crippen molar-refractivity contribution in [3.05, 3.63) is 16.3 Å². The van der Waals surface area contributed by atoms with Crippen molar-refractivity contribution in [3.63, 3.8) is 0 Å². The lowest BCUT2D eigenvalue weighted by atomic mass is 10.7. The van der Waals surface area contributed by atoms with Gasteiger partial charge in [-0.1, -0.05) is 0 Å². The van der Waals surface area contributed by atoms with Gasteiger partial charge in [-0.25, -0.2) is 4.98 Å². The maximum Gasteiger partial charge on any atom is 0.345 e. The molecule has 0 fully saturated rings. The van der Waals surface area contributed by atoms with E-state index in [0.717, 1.165) is 23.6 Å². The Kier molecular flexibility index (Phi) is 3.97. The number of rotatable bonds is 5. The van der Waals surface area contributed by atoms with Crippen molar-refractivity contribution >= 4 is 33.2 Å². The van der Waals surface area contributed by atoms with E-state index in [0.29, 0.717) is 5.13 Å². The Morgan fingerprint density at radius 1 is 1.85 bits per heavy atom. The molecule has 0 aliphatic rings. The Balaban J connectivity index is 2.44. The molecule has 0 atom stereocenters. The molecular formula is C6H9N3O2S2. The maximum absolute atomic E-state index is 10.3. The molecule has 1 N–H and O–H groups in total. The summed E-state index contributed by atoms with van der Waals surface area (Å²) < 4.78 is 0. The normalized spacial score (nSPS) is 9.92. The van der Waals surface area contributed by atoms with E-state index in [-0.39, 0.29) is 5.00 Å². The minimum absolute atomic E-state index is 0.0756. The van der Waals surface area contributed by atoms with Crippen molar-refractivity contribution in [2.45, 2.75) is 0 Å². The molecule has 0 unspecified atom stereocenters. The molecule has 1 heterocycles. The molecule has 1 aromatic rings. The first-order chi connectivity index (χ1) is 6.24. The molecule has 0 aromatic carbocycles. The summed E-state index contributed by atoms with van der Waals surface area (Å²) in [6, 6.07) is 0. The van der Waals surface area contributed by atoms with Gasteiger partial charge in [0.15, 0.2) is 5.13 Å². The van der Waals surface area contributed by atoms with Crippen LogP contribution in [0.15, 0.2) is 6.20 Å². The van der Waals surface area contributed by atoms with Crippen LogP contribution in [0, 0.1) is 10.1 Å². The first-order valence-corrected chi connectivity index (χ1v) is 5.78. The van der Waals surface area contributed by atoms with Gasteiger partial charge >= 0.3 is 5.00 Å². The van der Waals surface area contributed by atoms with E-state index < -0.39 is 4.92 Å². The minimum Gasteiger partial charge on any atom is -0.361 e. The SMILES string of the molecule is CSCCNc1ncc([N+](=O)[O-])s1. The van der Waals surface area contributed by atoms with Gasteiger partial charge < -0.3 is 5.32 Å². The van der Waals surface area contributed by atoms with Crippen molar-refractivity contribution < 1.29 is 4.92 Å². The van der Waals surface area contributed by atoms with Gasteiger partial charge in [-0.15, -0.1) is 0 Å². The van der Waals surface area contributed by atoms with Crippen LogP contribution in [-0.2, 0) is 0 Å². The van der Waals surface area contributed by atoms with Gasteiger partial charge in [0.25, 0.3) is 0 Å². The number of anilines is 1. The van der Waals surface area contributed by atoms with E-state index in [4.69, 9.17) is 0 Å². The van der Waals surface area contributed by atoms with E-state index in [2.05, 4.69) is 10.3 Å². The number of nitro groups is 1. The first kappa shape index (κ1) is 10.3. The number of nitrogens with zero attached hydrogens (tertiary/aromatic N) is 2. The van der Waals surface area contributed by atoms with Crippen LogP contribution in [0.25, 0.3) is 0 Å². The van der Waals surface area contributed by atoms with Crippen molar-refractivity contribution in [1.29, 1.82) is 0 Å².